The summed E-state index contributed by atoms with van der Waals surface area (Å²) in [6.07, 6.45) is 2.00. The summed E-state index contributed by atoms with van der Waals surface area (Å²) < 4.78 is 4.96. The van der Waals surface area contributed by atoms with Gasteiger partial charge in [-0.15, -0.1) is 0 Å². The number of likely N-dealkylation sites (tertiary alicyclic amines) is 1. The van der Waals surface area contributed by atoms with Gasteiger partial charge in [0, 0.05) is 13.0 Å². The van der Waals surface area contributed by atoms with E-state index in [9.17, 15) is 9.59 Å². The molecule has 2 heterocycles. The average molecular weight is 308 g/mol. The van der Waals surface area contributed by atoms with Gasteiger partial charge in [-0.3, -0.25) is 9.59 Å². The van der Waals surface area contributed by atoms with Gasteiger partial charge in [0.2, 0.25) is 17.7 Å². The van der Waals surface area contributed by atoms with Crippen molar-refractivity contribution < 1.29 is 14.1 Å². The van der Waals surface area contributed by atoms with Crippen LogP contribution in [0.4, 0.5) is 0 Å². The number of amides is 2. The lowest BCUT2D eigenvalue weighted by molar-refractivity contribution is -0.139. The third-order valence-corrected chi connectivity index (χ3v) is 3.54. The topological polar surface area (TPSA) is 88.3 Å². The van der Waals surface area contributed by atoms with E-state index in [0.29, 0.717) is 31.1 Å². The highest BCUT2D eigenvalue weighted by atomic mass is 16.5. The van der Waals surface area contributed by atoms with Crippen molar-refractivity contribution in [3.63, 3.8) is 0 Å². The van der Waals surface area contributed by atoms with E-state index in [4.69, 9.17) is 4.52 Å². The monoisotopic (exact) mass is 308 g/mol. The average Bonchev–Trinajstić information content (AvgIpc) is 3.02. The largest absolute Gasteiger partial charge is 0.345 e. The minimum absolute atomic E-state index is 0.0405. The van der Waals surface area contributed by atoms with Crippen LogP contribution in [0.2, 0.25) is 0 Å². The number of aromatic nitrogens is 2. The lowest BCUT2D eigenvalue weighted by Gasteiger charge is -2.27. The van der Waals surface area contributed by atoms with Crippen LogP contribution in [0.5, 0.6) is 0 Å². The molecule has 1 fully saturated rings. The summed E-state index contributed by atoms with van der Waals surface area (Å²) in [6, 6.07) is -0.390. The van der Waals surface area contributed by atoms with Crippen molar-refractivity contribution in [3.05, 3.63) is 11.7 Å². The predicted molar refractivity (Wildman–Crippen MR) is 79.7 cm³/mol. The van der Waals surface area contributed by atoms with Crippen molar-refractivity contribution in [2.24, 2.45) is 5.41 Å². The van der Waals surface area contributed by atoms with Gasteiger partial charge in [0.25, 0.3) is 0 Å². The van der Waals surface area contributed by atoms with Gasteiger partial charge in [0.05, 0.1) is 6.54 Å². The lowest BCUT2D eigenvalue weighted by Crippen LogP contribution is -2.46. The van der Waals surface area contributed by atoms with E-state index in [-0.39, 0.29) is 29.8 Å². The van der Waals surface area contributed by atoms with Crippen molar-refractivity contribution in [2.45, 2.75) is 59.5 Å². The molecule has 22 heavy (non-hydrogen) atoms. The zero-order chi connectivity index (χ0) is 16.3. The van der Waals surface area contributed by atoms with Gasteiger partial charge < -0.3 is 14.7 Å². The molecule has 1 aromatic rings. The van der Waals surface area contributed by atoms with Crippen LogP contribution in [0, 0.1) is 12.3 Å². The van der Waals surface area contributed by atoms with E-state index in [1.54, 1.807) is 11.8 Å². The quantitative estimate of drug-likeness (QED) is 0.909. The molecule has 0 spiro atoms. The van der Waals surface area contributed by atoms with Crippen LogP contribution in [0.1, 0.15) is 51.7 Å². The first-order valence-corrected chi connectivity index (χ1v) is 7.62. The number of nitrogens with zero attached hydrogens (tertiary/aromatic N) is 3. The molecule has 0 radical (unpaired) electrons. The summed E-state index contributed by atoms with van der Waals surface area (Å²) in [4.78, 5) is 30.4. The summed E-state index contributed by atoms with van der Waals surface area (Å²) in [5.74, 6) is 0.790. The van der Waals surface area contributed by atoms with Gasteiger partial charge in [-0.05, 0) is 25.2 Å². The second-order valence-corrected chi connectivity index (χ2v) is 6.94. The number of hydrogen-bond acceptors (Lipinski definition) is 5. The molecule has 1 saturated heterocycles. The number of aryl methyl sites for hydroxylation is 1. The molecule has 7 heteroatoms. The molecule has 0 bridgehead atoms. The fourth-order valence-corrected chi connectivity index (χ4v) is 2.59. The molecule has 1 unspecified atom stereocenters. The number of carbonyl (C=O) groups excluding carboxylic acids is 2. The highest BCUT2D eigenvalue weighted by Gasteiger charge is 2.35. The number of carbonyl (C=O) groups is 2. The Morgan fingerprint density at radius 2 is 2.14 bits per heavy atom. The number of rotatable bonds is 4. The summed E-state index contributed by atoms with van der Waals surface area (Å²) in [6.45, 7) is 8.62. The Morgan fingerprint density at radius 3 is 2.73 bits per heavy atom. The summed E-state index contributed by atoms with van der Waals surface area (Å²) in [5.41, 5.74) is -0.0814. The highest BCUT2D eigenvalue weighted by Crippen LogP contribution is 2.24. The van der Waals surface area contributed by atoms with E-state index in [2.05, 4.69) is 15.5 Å². The Balaban J connectivity index is 1.91. The van der Waals surface area contributed by atoms with Gasteiger partial charge in [-0.2, -0.15) is 4.98 Å². The molecule has 0 aliphatic carbocycles. The van der Waals surface area contributed by atoms with Crippen LogP contribution in [0.3, 0.4) is 0 Å². The first-order valence-electron chi connectivity index (χ1n) is 7.62. The summed E-state index contributed by atoms with van der Waals surface area (Å²) in [5, 5.41) is 6.45. The fourth-order valence-electron chi connectivity index (χ4n) is 2.59. The zero-order valence-electron chi connectivity index (χ0n) is 13.7. The van der Waals surface area contributed by atoms with Crippen molar-refractivity contribution in [1.29, 1.82) is 0 Å². The molecular formula is C15H24N4O3. The molecule has 2 rings (SSSR count). The minimum Gasteiger partial charge on any atom is -0.345 e. The van der Waals surface area contributed by atoms with Crippen LogP contribution in [0.25, 0.3) is 0 Å². The van der Waals surface area contributed by atoms with Gasteiger partial charge in [0.15, 0.2) is 5.82 Å². The van der Waals surface area contributed by atoms with Gasteiger partial charge in [0.1, 0.15) is 6.04 Å². The molecule has 7 nitrogen and oxygen atoms in total. The van der Waals surface area contributed by atoms with E-state index in [1.807, 2.05) is 20.8 Å². The molecule has 1 aliphatic heterocycles. The standard InChI is InChI=1S/C15H24N4O3/c1-10-17-12(22-18-10)9-16-14(21)11-6-5-7-19(11)13(20)8-15(2,3)4/h11H,5-9H2,1-4H3,(H,16,21). The van der Waals surface area contributed by atoms with E-state index in [0.717, 1.165) is 6.42 Å². The molecule has 1 N–H and O–H groups in total. The molecule has 0 saturated carbocycles. The van der Waals surface area contributed by atoms with Crippen molar-refractivity contribution >= 4 is 11.8 Å². The van der Waals surface area contributed by atoms with Gasteiger partial charge >= 0.3 is 0 Å². The summed E-state index contributed by atoms with van der Waals surface area (Å²) in [7, 11) is 0. The number of nitrogens with one attached hydrogen (secondary N) is 1. The van der Waals surface area contributed by atoms with E-state index >= 15 is 0 Å². The Kier molecular flexibility index (Phi) is 4.83. The fraction of sp³-hybridized carbons (Fsp3) is 0.733. The third-order valence-electron chi connectivity index (χ3n) is 3.54. The van der Waals surface area contributed by atoms with Crippen LogP contribution in [-0.4, -0.2) is 39.4 Å². The van der Waals surface area contributed by atoms with Gasteiger partial charge in [-0.25, -0.2) is 0 Å². The maximum atomic E-state index is 12.4. The maximum Gasteiger partial charge on any atom is 0.246 e. The van der Waals surface area contributed by atoms with Crippen LogP contribution in [-0.2, 0) is 16.1 Å². The molecule has 1 aromatic heterocycles. The molecule has 1 aliphatic rings. The second-order valence-electron chi connectivity index (χ2n) is 6.94. The first-order chi connectivity index (χ1) is 10.3. The zero-order valence-corrected chi connectivity index (χ0v) is 13.7. The normalized spacial score (nSPS) is 18.5. The van der Waals surface area contributed by atoms with Crippen molar-refractivity contribution in [3.8, 4) is 0 Å². The first kappa shape index (κ1) is 16.5. The lowest BCUT2D eigenvalue weighted by atomic mass is 9.91. The molecule has 2 amide bonds. The van der Waals surface area contributed by atoms with Crippen LogP contribution >= 0.6 is 0 Å². The third kappa shape index (κ3) is 4.29. The van der Waals surface area contributed by atoms with Crippen LogP contribution in [0.15, 0.2) is 4.52 Å². The Labute approximate surface area is 130 Å². The Morgan fingerprint density at radius 1 is 1.41 bits per heavy atom. The van der Waals surface area contributed by atoms with Crippen LogP contribution < -0.4 is 5.32 Å². The summed E-state index contributed by atoms with van der Waals surface area (Å²) >= 11 is 0. The minimum atomic E-state index is -0.390. The Bertz CT molecular complexity index is 547. The predicted octanol–water partition coefficient (Wildman–Crippen LogP) is 1.42. The Hall–Kier alpha value is -1.92. The molecule has 122 valence electrons. The second kappa shape index (κ2) is 6.46. The highest BCUT2D eigenvalue weighted by molar-refractivity contribution is 5.88. The van der Waals surface area contributed by atoms with Gasteiger partial charge in [-0.1, -0.05) is 25.9 Å². The van der Waals surface area contributed by atoms with E-state index in [1.165, 1.54) is 0 Å². The number of hydrogen-bond donors (Lipinski definition) is 1. The van der Waals surface area contributed by atoms with Crippen molar-refractivity contribution in [2.75, 3.05) is 6.54 Å². The molecule has 1 atom stereocenters. The maximum absolute atomic E-state index is 12.4. The van der Waals surface area contributed by atoms with E-state index < -0.39 is 0 Å². The van der Waals surface area contributed by atoms with Crippen molar-refractivity contribution in [1.82, 2.24) is 20.4 Å². The SMILES string of the molecule is Cc1noc(CNC(=O)C2CCCN2C(=O)CC(C)(C)C)n1. The smallest absolute Gasteiger partial charge is 0.246 e. The molecular weight excluding hydrogens is 284 g/mol. The molecule has 0 aromatic carbocycles.